The van der Waals surface area contributed by atoms with Crippen molar-refractivity contribution in [1.82, 2.24) is 9.55 Å². The number of hydrogen-bond acceptors (Lipinski definition) is 3. The molecule has 0 aliphatic carbocycles. The molecule has 0 bridgehead atoms. The summed E-state index contributed by atoms with van der Waals surface area (Å²) in [5, 5.41) is 2.92. The first-order chi connectivity index (χ1) is 14.3. The van der Waals surface area contributed by atoms with E-state index in [1.165, 1.54) is 0 Å². The predicted molar refractivity (Wildman–Crippen MR) is 120 cm³/mol. The molecule has 5 nitrogen and oxygen atoms in total. The predicted octanol–water partition coefficient (Wildman–Crippen LogP) is 5.27. The summed E-state index contributed by atoms with van der Waals surface area (Å²) in [5.74, 6) is 1.23. The number of amides is 1. The van der Waals surface area contributed by atoms with Gasteiger partial charge >= 0.3 is 0 Å². The third-order valence-corrected chi connectivity index (χ3v) is 5.10. The summed E-state index contributed by atoms with van der Waals surface area (Å²) >= 11 is 0. The summed E-state index contributed by atoms with van der Waals surface area (Å²) in [5.41, 5.74) is 4.51. The lowest BCUT2D eigenvalue weighted by Gasteiger charge is -2.12. The van der Waals surface area contributed by atoms with Crippen LogP contribution in [0.2, 0.25) is 0 Å². The second-order valence-corrected chi connectivity index (χ2v) is 8.06. The first-order valence-corrected chi connectivity index (χ1v) is 10.3. The molecular weight excluding hydrogens is 374 g/mol. The Morgan fingerprint density at radius 1 is 1.07 bits per heavy atom. The van der Waals surface area contributed by atoms with Gasteiger partial charge in [-0.2, -0.15) is 0 Å². The summed E-state index contributed by atoms with van der Waals surface area (Å²) in [6, 6.07) is 13.6. The number of anilines is 1. The fourth-order valence-corrected chi connectivity index (χ4v) is 3.52. The molecule has 30 heavy (non-hydrogen) atoms. The van der Waals surface area contributed by atoms with Crippen molar-refractivity contribution in [2.24, 2.45) is 0 Å². The molecule has 1 heterocycles. The van der Waals surface area contributed by atoms with Crippen molar-refractivity contribution in [3.63, 3.8) is 0 Å². The van der Waals surface area contributed by atoms with Crippen molar-refractivity contribution >= 4 is 17.4 Å². The van der Waals surface area contributed by atoms with E-state index in [9.17, 15) is 9.59 Å². The molecule has 0 atom stereocenters. The van der Waals surface area contributed by atoms with Gasteiger partial charge in [0.1, 0.15) is 5.82 Å². The summed E-state index contributed by atoms with van der Waals surface area (Å²) in [7, 11) is 0. The van der Waals surface area contributed by atoms with E-state index in [-0.39, 0.29) is 24.5 Å². The van der Waals surface area contributed by atoms with Gasteiger partial charge in [0.05, 0.1) is 0 Å². The fourth-order valence-electron chi connectivity index (χ4n) is 3.52. The van der Waals surface area contributed by atoms with Crippen LogP contribution in [0.3, 0.4) is 0 Å². The van der Waals surface area contributed by atoms with Crippen molar-refractivity contribution in [1.29, 1.82) is 0 Å². The topological polar surface area (TPSA) is 64.0 Å². The van der Waals surface area contributed by atoms with E-state index in [0.717, 1.165) is 28.2 Å². The molecule has 0 fully saturated rings. The lowest BCUT2D eigenvalue weighted by atomic mass is 9.99. The number of rotatable bonds is 8. The summed E-state index contributed by atoms with van der Waals surface area (Å²) in [6.45, 7) is 8.82. The van der Waals surface area contributed by atoms with Gasteiger partial charge < -0.3 is 9.88 Å². The maximum Gasteiger partial charge on any atom is 0.224 e. The number of nitrogens with one attached hydrogen (secondary N) is 1. The fraction of sp³-hybridized carbons (Fsp3) is 0.320. The third-order valence-electron chi connectivity index (χ3n) is 5.10. The van der Waals surface area contributed by atoms with Crippen LogP contribution >= 0.6 is 0 Å². The Morgan fingerprint density at radius 2 is 1.87 bits per heavy atom. The van der Waals surface area contributed by atoms with E-state index < -0.39 is 0 Å². The molecule has 156 valence electrons. The number of carbonyl (C=O) groups is 2. The van der Waals surface area contributed by atoms with Crippen molar-refractivity contribution in [2.75, 3.05) is 5.32 Å². The van der Waals surface area contributed by atoms with Gasteiger partial charge in [0.25, 0.3) is 0 Å². The highest BCUT2D eigenvalue weighted by Gasteiger charge is 2.13. The van der Waals surface area contributed by atoms with Crippen LogP contribution in [0.4, 0.5) is 5.69 Å². The van der Waals surface area contributed by atoms with Gasteiger partial charge in [-0.15, -0.1) is 0 Å². The summed E-state index contributed by atoms with van der Waals surface area (Å²) in [6.07, 6.45) is 4.14. The number of benzene rings is 2. The highest BCUT2D eigenvalue weighted by atomic mass is 16.2. The molecule has 0 unspecified atom stereocenters. The number of hydrogen-bond donors (Lipinski definition) is 1. The Morgan fingerprint density at radius 3 is 2.63 bits per heavy atom. The molecule has 3 rings (SSSR count). The number of ketones is 1. The van der Waals surface area contributed by atoms with E-state index in [1.54, 1.807) is 0 Å². The highest BCUT2D eigenvalue weighted by molar-refractivity contribution is 6.01. The van der Waals surface area contributed by atoms with E-state index in [2.05, 4.69) is 28.7 Å². The first-order valence-electron chi connectivity index (χ1n) is 10.3. The number of carbonyl (C=O) groups excluding carboxylic acids is 2. The van der Waals surface area contributed by atoms with Crippen molar-refractivity contribution in [3.8, 4) is 0 Å². The van der Waals surface area contributed by atoms with Crippen molar-refractivity contribution in [2.45, 2.75) is 53.0 Å². The molecule has 0 saturated heterocycles. The third kappa shape index (κ3) is 5.44. The smallest absolute Gasteiger partial charge is 0.224 e. The van der Waals surface area contributed by atoms with Gasteiger partial charge in [-0.1, -0.05) is 43.7 Å². The molecule has 0 radical (unpaired) electrons. The normalized spacial score (nSPS) is 11.0. The number of imidazole rings is 1. The Kier molecular flexibility index (Phi) is 6.83. The summed E-state index contributed by atoms with van der Waals surface area (Å²) in [4.78, 5) is 29.3. The molecule has 0 aliphatic rings. The SMILES string of the molecule is Cc1ccc(C)c(C(=O)CCC(=O)Nc2cccc(Cn3ccnc3C(C)C)c2)c1. The maximum atomic E-state index is 12.5. The van der Waals surface area contributed by atoms with Crippen LogP contribution < -0.4 is 5.32 Å². The van der Waals surface area contributed by atoms with Gasteiger partial charge in [-0.05, 0) is 43.2 Å². The molecule has 0 aliphatic heterocycles. The van der Waals surface area contributed by atoms with Gasteiger partial charge in [-0.25, -0.2) is 4.98 Å². The monoisotopic (exact) mass is 403 g/mol. The zero-order chi connectivity index (χ0) is 21.7. The lowest BCUT2D eigenvalue weighted by Crippen LogP contribution is -2.14. The number of nitrogens with zero attached hydrogens (tertiary/aromatic N) is 2. The lowest BCUT2D eigenvalue weighted by molar-refractivity contribution is -0.116. The molecule has 1 aromatic heterocycles. The number of aromatic nitrogens is 2. The Labute approximate surface area is 178 Å². The Hall–Kier alpha value is -3.21. The minimum atomic E-state index is -0.156. The van der Waals surface area contributed by atoms with Crippen molar-refractivity contribution < 1.29 is 9.59 Å². The van der Waals surface area contributed by atoms with Crippen molar-refractivity contribution in [3.05, 3.63) is 82.9 Å². The van der Waals surface area contributed by atoms with Gasteiger partial charge in [-0.3, -0.25) is 9.59 Å². The standard InChI is InChI=1S/C25H29N3O2/c1-17(2)25-26-12-13-28(25)16-20-6-5-7-21(15-20)27-24(30)11-10-23(29)22-14-18(3)8-9-19(22)4/h5-9,12-15,17H,10-11,16H2,1-4H3,(H,27,30). The van der Waals surface area contributed by atoms with Crippen LogP contribution in [0.5, 0.6) is 0 Å². The van der Waals surface area contributed by atoms with Gasteiger partial charge in [0.15, 0.2) is 5.78 Å². The maximum absolute atomic E-state index is 12.5. The zero-order valence-corrected chi connectivity index (χ0v) is 18.1. The minimum Gasteiger partial charge on any atom is -0.330 e. The Bertz CT molecular complexity index is 1050. The first kappa shape index (κ1) is 21.5. The quantitative estimate of drug-likeness (QED) is 0.521. The largest absolute Gasteiger partial charge is 0.330 e. The van der Waals surface area contributed by atoms with Crippen LogP contribution in [0.1, 0.15) is 65.5 Å². The van der Waals surface area contributed by atoms with E-state index >= 15 is 0 Å². The van der Waals surface area contributed by atoms with Crippen LogP contribution in [0.15, 0.2) is 54.9 Å². The van der Waals surface area contributed by atoms with E-state index in [4.69, 9.17) is 0 Å². The Balaban J connectivity index is 1.59. The van der Waals surface area contributed by atoms with Gasteiger partial charge in [0, 0.05) is 48.9 Å². The molecule has 0 spiro atoms. The van der Waals surface area contributed by atoms with E-state index in [0.29, 0.717) is 18.0 Å². The average Bonchev–Trinajstić information content (AvgIpc) is 3.16. The number of Topliss-reactive ketones (excluding diaryl/α,β-unsaturated/α-hetero) is 1. The average molecular weight is 404 g/mol. The molecule has 1 amide bonds. The molecule has 5 heteroatoms. The molecule has 3 aromatic rings. The molecular formula is C25H29N3O2. The molecule has 0 saturated carbocycles. The van der Waals surface area contributed by atoms with Crippen LogP contribution in [0.25, 0.3) is 0 Å². The zero-order valence-electron chi connectivity index (χ0n) is 18.1. The van der Waals surface area contributed by atoms with Crippen LogP contribution in [0, 0.1) is 13.8 Å². The highest BCUT2D eigenvalue weighted by Crippen LogP contribution is 2.18. The number of aryl methyl sites for hydroxylation is 2. The second kappa shape index (κ2) is 9.53. The molecule has 2 aromatic carbocycles. The second-order valence-electron chi connectivity index (χ2n) is 8.06. The van der Waals surface area contributed by atoms with E-state index in [1.807, 2.05) is 68.7 Å². The van der Waals surface area contributed by atoms with Crippen LogP contribution in [-0.2, 0) is 11.3 Å². The summed E-state index contributed by atoms with van der Waals surface area (Å²) < 4.78 is 2.12. The molecule has 1 N–H and O–H groups in total. The van der Waals surface area contributed by atoms with Gasteiger partial charge in [0.2, 0.25) is 5.91 Å². The van der Waals surface area contributed by atoms with Crippen LogP contribution in [-0.4, -0.2) is 21.2 Å². The minimum absolute atomic E-state index is 0.00132.